The average molecular weight is 1270 g/mol. The number of likely N-dealkylation sites (N-methyl/N-ethyl adjacent to an activating group) is 2. The van der Waals surface area contributed by atoms with Crippen LogP contribution in [0.15, 0.2) is 60.2 Å². The first-order valence-corrected chi connectivity index (χ1v) is 31.2. The first-order chi connectivity index (χ1) is 42.7. The van der Waals surface area contributed by atoms with Crippen LogP contribution in [0, 0.1) is 42.4 Å². The molecular weight excluding hydrogens is 1150 g/mol. The van der Waals surface area contributed by atoms with Crippen molar-refractivity contribution in [3.63, 3.8) is 0 Å². The van der Waals surface area contributed by atoms with Crippen molar-refractivity contribution in [1.29, 1.82) is 0 Å². The van der Waals surface area contributed by atoms with Crippen molar-refractivity contribution in [2.24, 2.45) is 41.1 Å². The summed E-state index contributed by atoms with van der Waals surface area (Å²) in [5.74, 6) is -1.66. The summed E-state index contributed by atoms with van der Waals surface area (Å²) in [6.07, 6.45) is 25.0. The number of nitrogens with one attached hydrogen (secondary N) is 3. The molecule has 0 aromatic heterocycles. The Balaban J connectivity index is -0.000000272. The molecule has 90 heavy (non-hydrogen) atoms. The van der Waals surface area contributed by atoms with Gasteiger partial charge in [-0.2, -0.15) is 0 Å². The van der Waals surface area contributed by atoms with Gasteiger partial charge in [-0.3, -0.25) is 33.6 Å². The van der Waals surface area contributed by atoms with E-state index >= 15 is 0 Å². The third kappa shape index (κ3) is 44.8. The van der Waals surface area contributed by atoms with Crippen molar-refractivity contribution in [3.05, 3.63) is 65.8 Å². The van der Waals surface area contributed by atoms with Crippen LogP contribution in [0.25, 0.3) is 0 Å². The molecule has 5 amide bonds. The van der Waals surface area contributed by atoms with Crippen LogP contribution >= 0.6 is 0 Å². The summed E-state index contributed by atoms with van der Waals surface area (Å²) in [5.41, 5.74) is 11.5. The Morgan fingerprint density at radius 3 is 1.87 bits per heavy atom. The fourth-order valence-corrected chi connectivity index (χ4v) is 7.54. The van der Waals surface area contributed by atoms with Gasteiger partial charge in [0.15, 0.2) is 5.92 Å². The molecule has 1 aromatic carbocycles. The number of allylic oxidation sites excluding steroid dienone is 2. The highest BCUT2D eigenvalue weighted by Gasteiger charge is 2.41. The van der Waals surface area contributed by atoms with Crippen LogP contribution in [0.4, 0.5) is 0 Å². The summed E-state index contributed by atoms with van der Waals surface area (Å²) in [7, 11) is 8.61. The van der Waals surface area contributed by atoms with Crippen LogP contribution < -0.4 is 32.2 Å². The predicted octanol–water partition coefficient (Wildman–Crippen LogP) is 7.86. The second-order valence-corrected chi connectivity index (χ2v) is 21.2. The van der Waals surface area contributed by atoms with Crippen LogP contribution in [-0.2, 0) is 73.4 Å². The minimum Gasteiger partial charge on any atom is -0.497 e. The lowest BCUT2D eigenvalue weighted by atomic mass is 9.95. The lowest BCUT2D eigenvalue weighted by Gasteiger charge is -2.34. The molecule has 1 fully saturated rings. The number of fused-ring (bicyclic) bond motifs is 1. The topological polar surface area (TPSA) is 319 Å². The Bertz CT molecular complexity index is 2250. The second kappa shape index (κ2) is 60.4. The molecule has 0 bridgehead atoms. The molecule has 1 saturated heterocycles. The zero-order chi connectivity index (χ0) is 70.9. The minimum absolute atomic E-state index is 0.0421. The molecule has 2 aliphatic heterocycles. The monoisotopic (exact) mass is 1270 g/mol. The number of nitrogens with two attached hydrogens (primary N) is 2. The van der Waals surface area contributed by atoms with Gasteiger partial charge in [0.05, 0.1) is 26.1 Å². The zero-order valence-corrected chi connectivity index (χ0v) is 58.1. The smallest absolute Gasteiger partial charge is 0.329 e. The summed E-state index contributed by atoms with van der Waals surface area (Å²) in [6.45, 7) is 30.4. The lowest BCUT2D eigenvalue weighted by Crippen LogP contribution is -2.55. The van der Waals surface area contributed by atoms with Gasteiger partial charge in [0.2, 0.25) is 29.5 Å². The zero-order valence-electron chi connectivity index (χ0n) is 58.1. The number of carbonyl (C=O) groups excluding carboxylic acids is 11. The molecule has 2 heterocycles. The van der Waals surface area contributed by atoms with Crippen LogP contribution in [0.2, 0.25) is 0 Å². The van der Waals surface area contributed by atoms with E-state index in [0.29, 0.717) is 62.5 Å². The van der Waals surface area contributed by atoms with E-state index in [0.717, 1.165) is 42.6 Å². The number of methoxy groups -OCH3 is 1. The highest BCUT2D eigenvalue weighted by molar-refractivity contribution is 6.01. The number of primary amides is 2. The SMILES string of the molecule is C#C.C=O.CC.CC.CC(C)C=O.CCC(C)CCCC(=O)OC(C)C(C)C.CCCC(N)=O.CNC.CNC(CC(C)C)C(=O)N1CCCC1C(=O)N(C)C(Cc1ccc(OC)cc1)C(=O)OCCC(N)=O.O=CCNC(=O)C1C=C2C=CC=CC2OC1=O. The molecule has 1 aliphatic carbocycles. The molecule has 7 atom stereocenters. The second-order valence-electron chi connectivity index (χ2n) is 21.2. The molecule has 4 rings (SSSR count). The van der Waals surface area contributed by atoms with Crippen molar-refractivity contribution in [2.45, 2.75) is 198 Å². The molecule has 1 aromatic rings. The number of carbonyl (C=O) groups is 11. The van der Waals surface area contributed by atoms with Crippen molar-refractivity contribution >= 4 is 66.8 Å². The number of terminal acetylenes is 1. The van der Waals surface area contributed by atoms with Crippen LogP contribution in [0.1, 0.15) is 167 Å². The number of aldehydes is 2. The molecule has 7 N–H and O–H groups in total. The van der Waals surface area contributed by atoms with Gasteiger partial charge in [-0.1, -0.05) is 139 Å². The number of ether oxygens (including phenoxy) is 4. The number of esters is 3. The quantitative estimate of drug-likeness (QED) is 0.0194. The van der Waals surface area contributed by atoms with Crippen molar-refractivity contribution in [2.75, 3.05) is 55.0 Å². The van der Waals surface area contributed by atoms with E-state index in [4.69, 9.17) is 35.2 Å². The summed E-state index contributed by atoms with van der Waals surface area (Å²) >= 11 is 0. The average Bonchev–Trinajstić information content (AvgIpc) is 1.59. The van der Waals surface area contributed by atoms with E-state index < -0.39 is 47.9 Å². The normalized spacial score (nSPS) is 15.6. The maximum atomic E-state index is 13.6. The minimum atomic E-state index is -0.975. The molecule has 0 saturated carbocycles. The van der Waals surface area contributed by atoms with Gasteiger partial charge in [0.25, 0.3) is 0 Å². The van der Waals surface area contributed by atoms with Crippen LogP contribution in [0.3, 0.4) is 0 Å². The lowest BCUT2D eigenvalue weighted by molar-refractivity contribution is -0.157. The van der Waals surface area contributed by atoms with Gasteiger partial charge in [-0.15, -0.1) is 12.8 Å². The molecule has 514 valence electrons. The molecule has 0 spiro atoms. The Hall–Kier alpha value is -7.51. The summed E-state index contributed by atoms with van der Waals surface area (Å²) < 4.78 is 20.9. The maximum absolute atomic E-state index is 13.6. The molecule has 22 nitrogen and oxygen atoms in total. The predicted molar refractivity (Wildman–Crippen MR) is 357 cm³/mol. The fraction of sp³-hybridized carbons (Fsp3) is 0.632. The molecule has 0 radical (unpaired) electrons. The van der Waals surface area contributed by atoms with E-state index in [1.807, 2.05) is 108 Å². The van der Waals surface area contributed by atoms with Gasteiger partial charge in [0.1, 0.15) is 56.0 Å². The number of benzene rings is 1. The number of nitrogens with zero attached hydrogens (tertiary/aromatic N) is 2. The molecule has 7 unspecified atom stereocenters. The van der Waals surface area contributed by atoms with E-state index in [2.05, 4.69) is 56.5 Å². The highest BCUT2D eigenvalue weighted by atomic mass is 16.6. The van der Waals surface area contributed by atoms with E-state index in [1.54, 1.807) is 62.5 Å². The van der Waals surface area contributed by atoms with E-state index in [-0.39, 0.29) is 67.7 Å². The number of hydrogen-bond acceptors (Lipinski definition) is 17. The van der Waals surface area contributed by atoms with Gasteiger partial charge < -0.3 is 70.5 Å². The van der Waals surface area contributed by atoms with Crippen LogP contribution in [-0.4, -0.2) is 162 Å². The Labute approximate surface area is 540 Å². The first kappa shape index (κ1) is 93.6. The third-order valence-electron chi connectivity index (χ3n) is 12.8. The van der Waals surface area contributed by atoms with Gasteiger partial charge in [-0.25, -0.2) is 4.79 Å². The number of rotatable bonds is 26. The molecular formula is C68H117N7O15. The highest BCUT2D eigenvalue weighted by Crippen LogP contribution is 2.26. The Morgan fingerprint density at radius 1 is 0.867 bits per heavy atom. The van der Waals surface area contributed by atoms with Gasteiger partial charge in [-0.05, 0) is 107 Å². The number of hydrogen-bond donors (Lipinski definition) is 5. The van der Waals surface area contributed by atoms with Gasteiger partial charge >= 0.3 is 17.9 Å². The van der Waals surface area contributed by atoms with Gasteiger partial charge in [0, 0.05) is 38.8 Å². The summed E-state index contributed by atoms with van der Waals surface area (Å²) in [6, 6.07) is 5.21. The Morgan fingerprint density at radius 2 is 1.42 bits per heavy atom. The standard InChI is InChI=1S/C26H40N4O6.C13H26O2.C12H11NO4.C4H9NO.C4H8O.C2H7N.2C2H6.C2H2.CH2O/c1-17(2)15-20(28-3)24(32)30-13-6-7-21(30)25(33)29(4)22(26(34)36-14-12-23(27)31)16-18-8-10-19(35-5)11-9-18;1-6-11(4)8-7-9-13(14)15-12(5)10(2)3;14-6-5-13-11(15)9-7-8-3-1-2-4-10(8)17-12(9)16;1-2-3-4(5)6;1-4(2)3-5;1-3-2;4*1-2/h8-11,17,20-22,28H,6-7,12-16H2,1-5H3,(H2,27,31);10-12H,6-9H2,1-5H3;1-4,6-7,9-10H,5H2,(H,13,15);2-3H2,1H3,(H2,5,6);3-4H,1-2H3;3H,1-2H3;2*1-2H3;1-2H;1H2. The molecule has 22 heteroatoms. The number of likely N-dealkylation sites (tertiary alicyclic amines) is 1. The van der Waals surface area contributed by atoms with E-state index in [9.17, 15) is 47.9 Å². The van der Waals surface area contributed by atoms with Crippen molar-refractivity contribution in [3.8, 4) is 18.6 Å². The molecule has 3 aliphatic rings. The number of amides is 5. The fourth-order valence-electron chi connectivity index (χ4n) is 7.54. The largest absolute Gasteiger partial charge is 0.497 e. The van der Waals surface area contributed by atoms with Crippen molar-refractivity contribution in [1.82, 2.24) is 25.8 Å². The summed E-state index contributed by atoms with van der Waals surface area (Å²) in [5, 5.41) is 8.16. The first-order valence-electron chi connectivity index (χ1n) is 31.2. The summed E-state index contributed by atoms with van der Waals surface area (Å²) in [4.78, 5) is 126. The maximum Gasteiger partial charge on any atom is 0.329 e. The van der Waals surface area contributed by atoms with Crippen molar-refractivity contribution < 1.29 is 71.7 Å². The Kier molecular flexibility index (Phi) is 62.8. The third-order valence-corrected chi connectivity index (χ3v) is 12.8. The van der Waals surface area contributed by atoms with E-state index in [1.165, 1.54) is 11.3 Å². The van der Waals surface area contributed by atoms with Crippen LogP contribution in [0.5, 0.6) is 5.75 Å².